The zero-order valence-corrected chi connectivity index (χ0v) is 15.6. The first-order valence-electron chi connectivity index (χ1n) is 8.89. The van der Waals surface area contributed by atoms with Crippen LogP contribution in [-0.4, -0.2) is 31.6 Å². The number of carbonyl (C=O) groups excluding carboxylic acids is 1. The normalized spacial score (nSPS) is 16.9. The topological polar surface area (TPSA) is 38.8 Å². The number of benzene rings is 2. The van der Waals surface area contributed by atoms with Crippen molar-refractivity contribution in [3.05, 3.63) is 65.2 Å². The fourth-order valence-electron chi connectivity index (χ4n) is 3.48. The Bertz CT molecular complexity index is 813. The van der Waals surface area contributed by atoms with E-state index in [1.54, 1.807) is 20.3 Å². The maximum atomic E-state index is 12.8. The second-order valence-corrected chi connectivity index (χ2v) is 6.55. The van der Waals surface area contributed by atoms with E-state index >= 15 is 0 Å². The van der Waals surface area contributed by atoms with Crippen LogP contribution in [0.15, 0.2) is 48.5 Å². The van der Waals surface area contributed by atoms with Gasteiger partial charge in [0, 0.05) is 24.3 Å². The van der Waals surface area contributed by atoms with E-state index in [1.807, 2.05) is 54.3 Å². The van der Waals surface area contributed by atoms with Crippen molar-refractivity contribution < 1.29 is 14.3 Å². The Morgan fingerprint density at radius 3 is 2.73 bits per heavy atom. The molecule has 1 aliphatic heterocycles. The molecule has 0 aromatic heterocycles. The fraction of sp³-hybridized carbons (Fsp3) is 0.318. The van der Waals surface area contributed by atoms with Crippen molar-refractivity contribution in [2.75, 3.05) is 20.8 Å². The third-order valence-corrected chi connectivity index (χ3v) is 4.80. The maximum absolute atomic E-state index is 12.8. The Hall–Kier alpha value is -2.75. The molecule has 2 aromatic rings. The lowest BCUT2D eigenvalue weighted by atomic mass is 10.0. The highest BCUT2D eigenvalue weighted by Gasteiger charge is 2.30. The van der Waals surface area contributed by atoms with E-state index in [-0.39, 0.29) is 11.9 Å². The molecule has 2 aromatic carbocycles. The van der Waals surface area contributed by atoms with Crippen LogP contribution < -0.4 is 9.47 Å². The van der Waals surface area contributed by atoms with Gasteiger partial charge in [0.1, 0.15) is 11.5 Å². The lowest BCUT2D eigenvalue weighted by Crippen LogP contribution is -2.29. The van der Waals surface area contributed by atoms with Crippen LogP contribution in [0.5, 0.6) is 11.5 Å². The number of carbonyl (C=O) groups is 1. The van der Waals surface area contributed by atoms with Gasteiger partial charge in [-0.05, 0) is 43.5 Å². The Balaban J connectivity index is 1.80. The summed E-state index contributed by atoms with van der Waals surface area (Å²) < 4.78 is 10.8. The number of likely N-dealkylation sites (tertiary alicyclic amines) is 1. The smallest absolute Gasteiger partial charge is 0.247 e. The number of rotatable bonds is 5. The van der Waals surface area contributed by atoms with Crippen LogP contribution in [0.3, 0.4) is 0 Å². The van der Waals surface area contributed by atoms with Crippen LogP contribution in [0.25, 0.3) is 6.08 Å². The van der Waals surface area contributed by atoms with Gasteiger partial charge in [0.05, 0.1) is 20.3 Å². The van der Waals surface area contributed by atoms with E-state index < -0.39 is 0 Å². The van der Waals surface area contributed by atoms with Crippen molar-refractivity contribution in [2.45, 2.75) is 25.8 Å². The van der Waals surface area contributed by atoms with Gasteiger partial charge < -0.3 is 14.4 Å². The molecular weight excluding hydrogens is 326 g/mol. The molecule has 1 heterocycles. The van der Waals surface area contributed by atoms with Crippen LogP contribution in [0.2, 0.25) is 0 Å². The molecule has 26 heavy (non-hydrogen) atoms. The van der Waals surface area contributed by atoms with Crippen LogP contribution >= 0.6 is 0 Å². The highest BCUT2D eigenvalue weighted by Crippen LogP contribution is 2.38. The first-order valence-corrected chi connectivity index (χ1v) is 8.89. The molecule has 1 aliphatic rings. The molecule has 1 fully saturated rings. The number of hydrogen-bond acceptors (Lipinski definition) is 3. The quantitative estimate of drug-likeness (QED) is 0.750. The third kappa shape index (κ3) is 3.90. The summed E-state index contributed by atoms with van der Waals surface area (Å²) in [6.07, 6.45) is 5.48. The average Bonchev–Trinajstić information content (AvgIpc) is 3.15. The summed E-state index contributed by atoms with van der Waals surface area (Å²) in [5.41, 5.74) is 3.25. The first kappa shape index (κ1) is 18.1. The van der Waals surface area contributed by atoms with Crippen molar-refractivity contribution >= 4 is 12.0 Å². The lowest BCUT2D eigenvalue weighted by molar-refractivity contribution is -0.126. The molecule has 0 radical (unpaired) electrons. The minimum absolute atomic E-state index is 0.0329. The molecule has 3 rings (SSSR count). The van der Waals surface area contributed by atoms with E-state index in [4.69, 9.17) is 9.47 Å². The largest absolute Gasteiger partial charge is 0.497 e. The summed E-state index contributed by atoms with van der Waals surface area (Å²) in [5, 5.41) is 0. The van der Waals surface area contributed by atoms with Crippen molar-refractivity contribution in [3.8, 4) is 11.5 Å². The molecule has 0 bridgehead atoms. The van der Waals surface area contributed by atoms with Crippen molar-refractivity contribution in [1.29, 1.82) is 0 Å². The van der Waals surface area contributed by atoms with Gasteiger partial charge in [-0.2, -0.15) is 0 Å². The van der Waals surface area contributed by atoms with Gasteiger partial charge in [0.25, 0.3) is 0 Å². The Labute approximate surface area is 155 Å². The standard InChI is InChI=1S/C22H25NO3/c1-16-6-4-7-17(14-16)9-12-22(24)23-13-5-8-20(23)19-11-10-18(25-2)15-21(19)26-3/h4,6-7,9-12,14-15,20H,5,8,13H2,1-3H3/b12-9+. The molecule has 0 spiro atoms. The number of ether oxygens (including phenoxy) is 2. The van der Waals surface area contributed by atoms with Crippen LogP contribution in [0.1, 0.15) is 35.6 Å². The summed E-state index contributed by atoms with van der Waals surface area (Å²) >= 11 is 0. The lowest BCUT2D eigenvalue weighted by Gasteiger charge is -2.25. The first-order chi connectivity index (χ1) is 12.6. The molecule has 1 unspecified atom stereocenters. The van der Waals surface area contributed by atoms with Crippen LogP contribution in [0, 0.1) is 6.92 Å². The maximum Gasteiger partial charge on any atom is 0.247 e. The number of amides is 1. The van der Waals surface area contributed by atoms with E-state index in [0.717, 1.165) is 42.0 Å². The molecule has 1 saturated heterocycles. The number of nitrogens with zero attached hydrogens (tertiary/aromatic N) is 1. The summed E-state index contributed by atoms with van der Waals surface area (Å²) in [5.74, 6) is 1.55. The van der Waals surface area contributed by atoms with Crippen LogP contribution in [0.4, 0.5) is 0 Å². The molecule has 4 heteroatoms. The van der Waals surface area contributed by atoms with Crippen molar-refractivity contribution in [3.63, 3.8) is 0 Å². The fourth-order valence-corrected chi connectivity index (χ4v) is 3.48. The van der Waals surface area contributed by atoms with Gasteiger partial charge >= 0.3 is 0 Å². The van der Waals surface area contributed by atoms with E-state index in [1.165, 1.54) is 5.56 Å². The van der Waals surface area contributed by atoms with E-state index in [2.05, 4.69) is 6.07 Å². The second kappa shape index (κ2) is 8.09. The minimum Gasteiger partial charge on any atom is -0.497 e. The molecule has 0 N–H and O–H groups in total. The van der Waals surface area contributed by atoms with Gasteiger partial charge in [-0.15, -0.1) is 0 Å². The second-order valence-electron chi connectivity index (χ2n) is 6.55. The summed E-state index contributed by atoms with van der Waals surface area (Å²) in [4.78, 5) is 14.7. The number of hydrogen-bond donors (Lipinski definition) is 0. The van der Waals surface area contributed by atoms with Crippen molar-refractivity contribution in [1.82, 2.24) is 4.90 Å². The third-order valence-electron chi connectivity index (χ3n) is 4.80. The van der Waals surface area contributed by atoms with Gasteiger partial charge in [0.2, 0.25) is 5.91 Å². The zero-order chi connectivity index (χ0) is 18.5. The van der Waals surface area contributed by atoms with Gasteiger partial charge in [-0.25, -0.2) is 0 Å². The summed E-state index contributed by atoms with van der Waals surface area (Å²) in [6, 6.07) is 13.9. The van der Waals surface area contributed by atoms with Crippen molar-refractivity contribution in [2.24, 2.45) is 0 Å². The van der Waals surface area contributed by atoms with Crippen LogP contribution in [-0.2, 0) is 4.79 Å². The van der Waals surface area contributed by atoms with Gasteiger partial charge in [-0.1, -0.05) is 29.8 Å². The Morgan fingerprint density at radius 1 is 1.15 bits per heavy atom. The molecular formula is C22H25NO3. The SMILES string of the molecule is COc1ccc(C2CCCN2C(=O)/C=C/c2cccc(C)c2)c(OC)c1. The number of methoxy groups -OCH3 is 2. The van der Waals surface area contributed by atoms with E-state index in [0.29, 0.717) is 0 Å². The molecule has 0 saturated carbocycles. The predicted octanol–water partition coefficient (Wildman–Crippen LogP) is 4.39. The molecule has 1 atom stereocenters. The highest BCUT2D eigenvalue weighted by atomic mass is 16.5. The molecule has 1 amide bonds. The molecule has 4 nitrogen and oxygen atoms in total. The summed E-state index contributed by atoms with van der Waals surface area (Å²) in [7, 11) is 3.28. The molecule has 0 aliphatic carbocycles. The number of aryl methyl sites for hydroxylation is 1. The monoisotopic (exact) mass is 351 g/mol. The van der Waals surface area contributed by atoms with E-state index in [9.17, 15) is 4.79 Å². The Morgan fingerprint density at radius 2 is 2.00 bits per heavy atom. The minimum atomic E-state index is 0.0329. The molecule has 136 valence electrons. The average molecular weight is 351 g/mol. The van der Waals surface area contributed by atoms with Gasteiger partial charge in [-0.3, -0.25) is 4.79 Å². The zero-order valence-electron chi connectivity index (χ0n) is 15.6. The Kier molecular flexibility index (Phi) is 5.61. The highest BCUT2D eigenvalue weighted by molar-refractivity contribution is 5.92. The predicted molar refractivity (Wildman–Crippen MR) is 103 cm³/mol. The van der Waals surface area contributed by atoms with Gasteiger partial charge in [0.15, 0.2) is 0 Å². The summed E-state index contributed by atoms with van der Waals surface area (Å²) in [6.45, 7) is 2.81.